The van der Waals surface area contributed by atoms with Crippen LogP contribution in [0.15, 0.2) is 11.2 Å². The highest BCUT2D eigenvalue weighted by atomic mass is 15.3. The van der Waals surface area contributed by atoms with Gasteiger partial charge in [0, 0.05) is 18.8 Å². The summed E-state index contributed by atoms with van der Waals surface area (Å²) in [6.45, 7) is 5.84. The van der Waals surface area contributed by atoms with Crippen molar-refractivity contribution in [1.82, 2.24) is 20.9 Å². The maximum atomic E-state index is 5.40. The third-order valence-corrected chi connectivity index (χ3v) is 2.77. The Balaban J connectivity index is 2.23. The summed E-state index contributed by atoms with van der Waals surface area (Å²) in [6, 6.07) is 0. The highest BCUT2D eigenvalue weighted by Gasteiger charge is 1.99. The van der Waals surface area contributed by atoms with Gasteiger partial charge in [-0.25, -0.2) is 5.84 Å². The number of hydrazine groups is 1. The highest BCUT2D eigenvalue weighted by Crippen LogP contribution is 2.05. The number of unbranched alkanes of at least 4 members (excludes halogenated alkanes) is 1. The van der Waals surface area contributed by atoms with Gasteiger partial charge in [0.2, 0.25) is 5.96 Å². The molecule has 5 N–H and O–H groups in total. The molecule has 0 aliphatic heterocycles. The van der Waals surface area contributed by atoms with Crippen LogP contribution in [-0.2, 0) is 6.42 Å². The van der Waals surface area contributed by atoms with E-state index in [1.807, 2.05) is 13.1 Å². The zero-order chi connectivity index (χ0) is 13.2. The molecule has 6 nitrogen and oxygen atoms in total. The number of guanidine groups is 1. The van der Waals surface area contributed by atoms with Crippen LogP contribution in [0.25, 0.3) is 0 Å². The monoisotopic (exact) mass is 252 g/mol. The minimum atomic E-state index is 0.673. The van der Waals surface area contributed by atoms with Crippen molar-refractivity contribution in [3.63, 3.8) is 0 Å². The predicted molar refractivity (Wildman–Crippen MR) is 74.2 cm³/mol. The van der Waals surface area contributed by atoms with Crippen molar-refractivity contribution in [3.8, 4) is 0 Å². The minimum absolute atomic E-state index is 0.673. The Bertz CT molecular complexity index is 357. The number of aliphatic imine (C=N–C) groups is 1. The first-order valence-electron chi connectivity index (χ1n) is 6.51. The first kappa shape index (κ1) is 14.5. The normalized spacial score (nSPS) is 11.6. The molecule has 0 bridgehead atoms. The Hall–Kier alpha value is -1.56. The molecule has 0 saturated heterocycles. The molecule has 0 unspecified atom stereocenters. The molecule has 0 atom stereocenters. The minimum Gasteiger partial charge on any atom is -0.355 e. The first-order valence-corrected chi connectivity index (χ1v) is 6.51. The van der Waals surface area contributed by atoms with E-state index in [4.69, 9.17) is 5.84 Å². The second kappa shape index (κ2) is 8.52. The molecule has 0 fully saturated rings. The maximum Gasteiger partial charge on any atom is 0.205 e. The molecule has 1 aromatic heterocycles. The van der Waals surface area contributed by atoms with Crippen molar-refractivity contribution in [3.05, 3.63) is 17.5 Å². The number of nitrogens with two attached hydrogens (primary N) is 1. The molecule has 0 aromatic carbocycles. The van der Waals surface area contributed by atoms with Gasteiger partial charge in [-0.15, -0.1) is 0 Å². The number of hydrogen-bond acceptors (Lipinski definition) is 3. The lowest BCUT2D eigenvalue weighted by Crippen LogP contribution is -2.42. The van der Waals surface area contributed by atoms with E-state index < -0.39 is 0 Å². The summed E-state index contributed by atoms with van der Waals surface area (Å²) in [7, 11) is 0. The van der Waals surface area contributed by atoms with E-state index in [0.29, 0.717) is 5.96 Å². The third kappa shape index (κ3) is 5.18. The summed E-state index contributed by atoms with van der Waals surface area (Å²) in [5.41, 5.74) is 4.98. The summed E-state index contributed by atoms with van der Waals surface area (Å²) < 4.78 is 0. The molecule has 18 heavy (non-hydrogen) atoms. The molecule has 0 saturated carbocycles. The number of aromatic nitrogens is 2. The molecule has 1 heterocycles. The van der Waals surface area contributed by atoms with E-state index in [2.05, 4.69) is 32.9 Å². The molecular formula is C12H24N6. The van der Waals surface area contributed by atoms with E-state index >= 15 is 0 Å². The lowest BCUT2D eigenvalue weighted by atomic mass is 10.1. The lowest BCUT2D eigenvalue weighted by Gasteiger charge is -2.08. The Labute approximate surface area is 108 Å². The van der Waals surface area contributed by atoms with Gasteiger partial charge in [0.25, 0.3) is 0 Å². The molecule has 0 radical (unpaired) electrons. The van der Waals surface area contributed by atoms with Gasteiger partial charge in [-0.2, -0.15) is 5.10 Å². The smallest absolute Gasteiger partial charge is 0.205 e. The van der Waals surface area contributed by atoms with Crippen LogP contribution in [0.4, 0.5) is 0 Å². The van der Waals surface area contributed by atoms with E-state index in [9.17, 15) is 0 Å². The molecule has 0 spiro atoms. The van der Waals surface area contributed by atoms with Crippen molar-refractivity contribution in [1.29, 1.82) is 0 Å². The van der Waals surface area contributed by atoms with Gasteiger partial charge < -0.3 is 5.32 Å². The van der Waals surface area contributed by atoms with Crippen LogP contribution < -0.4 is 16.6 Å². The van der Waals surface area contributed by atoms with E-state index in [0.717, 1.165) is 44.5 Å². The number of nitrogens with one attached hydrogen (secondary N) is 3. The van der Waals surface area contributed by atoms with Gasteiger partial charge in [0.1, 0.15) is 0 Å². The SMILES string of the molecule is CCCCNC(=NCCCc1cn[nH]c1C)NN. The summed E-state index contributed by atoms with van der Waals surface area (Å²) in [5, 5.41) is 10.1. The first-order chi connectivity index (χ1) is 8.77. The van der Waals surface area contributed by atoms with Crippen LogP contribution in [0.3, 0.4) is 0 Å². The fraction of sp³-hybridized carbons (Fsp3) is 0.667. The predicted octanol–water partition coefficient (Wildman–Crippen LogP) is 0.860. The molecule has 102 valence electrons. The van der Waals surface area contributed by atoms with Gasteiger partial charge in [0.05, 0.1) is 6.20 Å². The summed E-state index contributed by atoms with van der Waals surface area (Å²) in [6.07, 6.45) is 6.12. The Morgan fingerprint density at radius 2 is 2.33 bits per heavy atom. The van der Waals surface area contributed by atoms with Gasteiger partial charge in [-0.3, -0.25) is 15.5 Å². The molecule has 1 rings (SSSR count). The molecular weight excluding hydrogens is 228 g/mol. The Kier molecular flexibility index (Phi) is 6.86. The van der Waals surface area contributed by atoms with Crippen LogP contribution >= 0.6 is 0 Å². The second-order valence-corrected chi connectivity index (χ2v) is 4.28. The fourth-order valence-electron chi connectivity index (χ4n) is 1.62. The quantitative estimate of drug-likeness (QED) is 0.190. The van der Waals surface area contributed by atoms with E-state index in [1.54, 1.807) is 0 Å². The van der Waals surface area contributed by atoms with Crippen molar-refractivity contribution in [2.45, 2.75) is 39.5 Å². The molecule has 0 aliphatic rings. The summed E-state index contributed by atoms with van der Waals surface area (Å²) in [5.74, 6) is 6.07. The number of H-pyrrole nitrogens is 1. The molecule has 0 amide bonds. The van der Waals surface area contributed by atoms with Crippen molar-refractivity contribution in [2.24, 2.45) is 10.8 Å². The van der Waals surface area contributed by atoms with Crippen molar-refractivity contribution >= 4 is 5.96 Å². The number of nitrogens with zero attached hydrogens (tertiary/aromatic N) is 2. The number of aromatic amines is 1. The van der Waals surface area contributed by atoms with Crippen LogP contribution in [-0.4, -0.2) is 29.2 Å². The van der Waals surface area contributed by atoms with E-state index in [1.165, 1.54) is 5.56 Å². The van der Waals surface area contributed by atoms with Crippen LogP contribution in [0.2, 0.25) is 0 Å². The molecule has 1 aromatic rings. The van der Waals surface area contributed by atoms with Crippen LogP contribution in [0, 0.1) is 6.92 Å². The van der Waals surface area contributed by atoms with E-state index in [-0.39, 0.29) is 0 Å². The molecule has 0 aliphatic carbocycles. The topological polar surface area (TPSA) is 91.1 Å². The van der Waals surface area contributed by atoms with Crippen LogP contribution in [0.1, 0.15) is 37.4 Å². The van der Waals surface area contributed by atoms with Gasteiger partial charge in [-0.1, -0.05) is 13.3 Å². The Morgan fingerprint density at radius 1 is 1.50 bits per heavy atom. The fourth-order valence-corrected chi connectivity index (χ4v) is 1.62. The number of aryl methyl sites for hydroxylation is 2. The summed E-state index contributed by atoms with van der Waals surface area (Å²) >= 11 is 0. The standard InChI is InChI=1S/C12H24N6/c1-3-4-7-14-12(17-13)15-8-5-6-11-9-16-18-10(11)2/h9H,3-8,13H2,1-2H3,(H,16,18)(H2,14,15,17). The Morgan fingerprint density at radius 3 is 2.94 bits per heavy atom. The number of rotatable bonds is 7. The second-order valence-electron chi connectivity index (χ2n) is 4.28. The average Bonchev–Trinajstić information content (AvgIpc) is 2.78. The summed E-state index contributed by atoms with van der Waals surface area (Å²) in [4.78, 5) is 4.38. The van der Waals surface area contributed by atoms with Crippen molar-refractivity contribution in [2.75, 3.05) is 13.1 Å². The largest absolute Gasteiger partial charge is 0.355 e. The number of hydrogen-bond donors (Lipinski definition) is 4. The highest BCUT2D eigenvalue weighted by molar-refractivity contribution is 5.79. The third-order valence-electron chi connectivity index (χ3n) is 2.77. The van der Waals surface area contributed by atoms with Gasteiger partial charge in [-0.05, 0) is 31.7 Å². The lowest BCUT2D eigenvalue weighted by molar-refractivity contribution is 0.727. The zero-order valence-electron chi connectivity index (χ0n) is 11.3. The molecule has 6 heteroatoms. The maximum absolute atomic E-state index is 5.40. The zero-order valence-corrected chi connectivity index (χ0v) is 11.3. The van der Waals surface area contributed by atoms with Crippen LogP contribution in [0.5, 0.6) is 0 Å². The van der Waals surface area contributed by atoms with Gasteiger partial charge >= 0.3 is 0 Å². The average molecular weight is 252 g/mol. The van der Waals surface area contributed by atoms with Gasteiger partial charge in [0.15, 0.2) is 0 Å². The van der Waals surface area contributed by atoms with Crippen molar-refractivity contribution < 1.29 is 0 Å².